The minimum Gasteiger partial charge on any atom is -0.376 e. The molecule has 8 heteroatoms. The standard InChI is InChI=1S/C16H21N5O2S/c1-11(15(22)18-10-13-4-3-9-23-13)24-16-20-19-14(21(16)2)12-5-7-17-8-6-12/h5-8,11,13H,3-4,9-10H2,1-2H3,(H,18,22)/t11-,13-/m0/s1. The van der Waals surface area contributed by atoms with E-state index in [1.807, 2.05) is 30.7 Å². The molecule has 1 fully saturated rings. The summed E-state index contributed by atoms with van der Waals surface area (Å²) in [6, 6.07) is 3.77. The molecular formula is C16H21N5O2S. The third kappa shape index (κ3) is 3.93. The first-order valence-electron chi connectivity index (χ1n) is 8.01. The van der Waals surface area contributed by atoms with E-state index in [4.69, 9.17) is 4.74 Å². The summed E-state index contributed by atoms with van der Waals surface area (Å²) in [5, 5.41) is 11.8. The van der Waals surface area contributed by atoms with Crippen LogP contribution in [-0.4, -0.2) is 50.2 Å². The number of pyridine rings is 1. The lowest BCUT2D eigenvalue weighted by molar-refractivity contribution is -0.120. The number of aromatic nitrogens is 4. The Morgan fingerprint density at radius 1 is 1.46 bits per heavy atom. The molecule has 1 saturated heterocycles. The Hall–Kier alpha value is -1.93. The van der Waals surface area contributed by atoms with Crippen molar-refractivity contribution >= 4 is 17.7 Å². The van der Waals surface area contributed by atoms with Gasteiger partial charge in [-0.1, -0.05) is 11.8 Å². The summed E-state index contributed by atoms with van der Waals surface area (Å²) < 4.78 is 7.41. The smallest absolute Gasteiger partial charge is 0.233 e. The van der Waals surface area contributed by atoms with Crippen molar-refractivity contribution in [1.29, 1.82) is 0 Å². The maximum atomic E-state index is 12.2. The highest BCUT2D eigenvalue weighted by molar-refractivity contribution is 8.00. The third-order valence-electron chi connectivity index (χ3n) is 3.95. The first-order chi connectivity index (χ1) is 11.6. The average molecular weight is 347 g/mol. The van der Waals surface area contributed by atoms with Gasteiger partial charge in [-0.05, 0) is 31.9 Å². The van der Waals surface area contributed by atoms with Crippen LogP contribution in [0.15, 0.2) is 29.7 Å². The van der Waals surface area contributed by atoms with Crippen LogP contribution < -0.4 is 5.32 Å². The van der Waals surface area contributed by atoms with Gasteiger partial charge >= 0.3 is 0 Å². The molecule has 0 aliphatic carbocycles. The van der Waals surface area contributed by atoms with Crippen molar-refractivity contribution in [1.82, 2.24) is 25.1 Å². The minimum absolute atomic E-state index is 0.0102. The molecule has 0 saturated carbocycles. The van der Waals surface area contributed by atoms with Gasteiger partial charge in [-0.15, -0.1) is 10.2 Å². The largest absolute Gasteiger partial charge is 0.376 e. The van der Waals surface area contributed by atoms with Crippen molar-refractivity contribution in [2.45, 2.75) is 36.3 Å². The maximum absolute atomic E-state index is 12.2. The topological polar surface area (TPSA) is 81.9 Å². The van der Waals surface area contributed by atoms with Crippen molar-refractivity contribution in [2.75, 3.05) is 13.2 Å². The molecule has 128 valence electrons. The fourth-order valence-corrected chi connectivity index (χ4v) is 3.38. The van der Waals surface area contributed by atoms with Crippen LogP contribution in [0.5, 0.6) is 0 Å². The highest BCUT2D eigenvalue weighted by atomic mass is 32.2. The molecule has 2 aromatic heterocycles. The summed E-state index contributed by atoms with van der Waals surface area (Å²) in [6.07, 6.45) is 5.68. The second kappa shape index (κ2) is 7.76. The predicted octanol–water partition coefficient (Wildman–Crippen LogP) is 1.65. The zero-order chi connectivity index (χ0) is 16.9. The summed E-state index contributed by atoms with van der Waals surface area (Å²) in [4.78, 5) is 16.2. The van der Waals surface area contributed by atoms with E-state index in [1.165, 1.54) is 11.8 Å². The SMILES string of the molecule is C[C@H](Sc1nnc(-c2ccncc2)n1C)C(=O)NC[C@@H]1CCCO1. The summed E-state index contributed by atoms with van der Waals surface area (Å²) in [5.74, 6) is 0.746. The average Bonchev–Trinajstić information content (AvgIpc) is 3.24. The molecule has 0 bridgehead atoms. The van der Waals surface area contributed by atoms with E-state index in [2.05, 4.69) is 20.5 Å². The monoisotopic (exact) mass is 347 g/mol. The number of hydrogen-bond acceptors (Lipinski definition) is 6. The highest BCUT2D eigenvalue weighted by Crippen LogP contribution is 2.25. The van der Waals surface area contributed by atoms with Crippen molar-refractivity contribution < 1.29 is 9.53 Å². The molecule has 2 atom stereocenters. The first-order valence-corrected chi connectivity index (χ1v) is 8.89. The van der Waals surface area contributed by atoms with E-state index in [0.29, 0.717) is 11.7 Å². The van der Waals surface area contributed by atoms with Crippen molar-refractivity contribution in [2.24, 2.45) is 7.05 Å². The molecular weight excluding hydrogens is 326 g/mol. The van der Waals surface area contributed by atoms with Crippen molar-refractivity contribution in [3.8, 4) is 11.4 Å². The van der Waals surface area contributed by atoms with Crippen LogP contribution in [0, 0.1) is 0 Å². The normalized spacial score (nSPS) is 18.5. The fraction of sp³-hybridized carbons (Fsp3) is 0.500. The Labute approximate surface area is 145 Å². The number of hydrogen-bond donors (Lipinski definition) is 1. The number of carbonyl (C=O) groups is 1. The Balaban J connectivity index is 1.59. The second-order valence-corrected chi connectivity index (χ2v) is 7.05. The number of carbonyl (C=O) groups excluding carboxylic acids is 1. The van der Waals surface area contributed by atoms with Gasteiger partial charge in [0.2, 0.25) is 5.91 Å². The Morgan fingerprint density at radius 2 is 2.25 bits per heavy atom. The molecule has 1 N–H and O–H groups in total. The molecule has 0 spiro atoms. The highest BCUT2D eigenvalue weighted by Gasteiger charge is 2.21. The van der Waals surface area contributed by atoms with Gasteiger partial charge in [0.25, 0.3) is 0 Å². The summed E-state index contributed by atoms with van der Waals surface area (Å²) in [5.41, 5.74) is 0.947. The van der Waals surface area contributed by atoms with Crippen LogP contribution >= 0.6 is 11.8 Å². The molecule has 2 aromatic rings. The zero-order valence-corrected chi connectivity index (χ0v) is 14.6. The Kier molecular flexibility index (Phi) is 5.47. The molecule has 1 amide bonds. The number of rotatable bonds is 6. The third-order valence-corrected chi connectivity index (χ3v) is 5.09. The van der Waals surface area contributed by atoms with E-state index in [-0.39, 0.29) is 17.3 Å². The zero-order valence-electron chi connectivity index (χ0n) is 13.8. The number of ether oxygens (including phenoxy) is 1. The van der Waals surface area contributed by atoms with E-state index in [0.717, 1.165) is 30.8 Å². The summed E-state index contributed by atoms with van der Waals surface area (Å²) >= 11 is 1.40. The van der Waals surface area contributed by atoms with Gasteiger partial charge in [0.15, 0.2) is 11.0 Å². The fourth-order valence-electron chi connectivity index (χ4n) is 2.55. The lowest BCUT2D eigenvalue weighted by atomic mass is 10.2. The van der Waals surface area contributed by atoms with Gasteiger partial charge < -0.3 is 14.6 Å². The molecule has 7 nitrogen and oxygen atoms in total. The van der Waals surface area contributed by atoms with E-state index in [9.17, 15) is 4.79 Å². The molecule has 0 unspecified atom stereocenters. The molecule has 3 rings (SSSR count). The first kappa shape index (κ1) is 16.9. The molecule has 1 aliphatic heterocycles. The number of nitrogens with one attached hydrogen (secondary N) is 1. The van der Waals surface area contributed by atoms with Gasteiger partial charge in [0.1, 0.15) is 0 Å². The van der Waals surface area contributed by atoms with Crippen LogP contribution in [0.4, 0.5) is 0 Å². The Bertz CT molecular complexity index is 685. The molecule has 24 heavy (non-hydrogen) atoms. The quantitative estimate of drug-likeness (QED) is 0.800. The molecule has 0 radical (unpaired) electrons. The Morgan fingerprint density at radius 3 is 2.96 bits per heavy atom. The maximum Gasteiger partial charge on any atom is 0.233 e. The van der Waals surface area contributed by atoms with E-state index >= 15 is 0 Å². The number of nitrogens with zero attached hydrogens (tertiary/aromatic N) is 4. The van der Waals surface area contributed by atoms with Crippen LogP contribution in [-0.2, 0) is 16.6 Å². The minimum atomic E-state index is -0.250. The van der Waals surface area contributed by atoms with Gasteiger partial charge in [-0.3, -0.25) is 9.78 Å². The number of amides is 1. The molecule has 3 heterocycles. The molecule has 0 aromatic carbocycles. The van der Waals surface area contributed by atoms with Crippen molar-refractivity contribution in [3.63, 3.8) is 0 Å². The second-order valence-electron chi connectivity index (χ2n) is 5.74. The van der Waals surface area contributed by atoms with Crippen LogP contribution in [0.3, 0.4) is 0 Å². The van der Waals surface area contributed by atoms with Gasteiger partial charge in [0.05, 0.1) is 11.4 Å². The lowest BCUT2D eigenvalue weighted by Gasteiger charge is -2.14. The molecule has 1 aliphatic rings. The summed E-state index contributed by atoms with van der Waals surface area (Å²) in [6.45, 7) is 3.24. The van der Waals surface area contributed by atoms with Gasteiger partial charge in [0, 0.05) is 38.2 Å². The van der Waals surface area contributed by atoms with Crippen LogP contribution in [0.25, 0.3) is 11.4 Å². The van der Waals surface area contributed by atoms with Gasteiger partial charge in [-0.25, -0.2) is 0 Å². The van der Waals surface area contributed by atoms with Crippen molar-refractivity contribution in [3.05, 3.63) is 24.5 Å². The van der Waals surface area contributed by atoms with E-state index in [1.54, 1.807) is 12.4 Å². The van der Waals surface area contributed by atoms with E-state index < -0.39 is 0 Å². The summed E-state index contributed by atoms with van der Waals surface area (Å²) in [7, 11) is 1.90. The van der Waals surface area contributed by atoms with Gasteiger partial charge in [-0.2, -0.15) is 0 Å². The lowest BCUT2D eigenvalue weighted by Crippen LogP contribution is -2.36. The van der Waals surface area contributed by atoms with Crippen LogP contribution in [0.1, 0.15) is 19.8 Å². The number of thioether (sulfide) groups is 1. The predicted molar refractivity (Wildman–Crippen MR) is 91.5 cm³/mol. The van der Waals surface area contributed by atoms with Crippen LogP contribution in [0.2, 0.25) is 0 Å².